The maximum atomic E-state index is 11.6. The highest BCUT2D eigenvalue weighted by atomic mass is 19.4. The van der Waals surface area contributed by atoms with Gasteiger partial charge in [0.1, 0.15) is 6.04 Å². The van der Waals surface area contributed by atoms with Gasteiger partial charge >= 0.3 is 6.18 Å². The Morgan fingerprint density at radius 2 is 2.17 bits per heavy atom. The molecule has 0 aromatic carbocycles. The van der Waals surface area contributed by atoms with E-state index in [1.165, 1.54) is 6.92 Å². The summed E-state index contributed by atoms with van der Waals surface area (Å²) in [5.74, 6) is 0. The molecule has 0 rings (SSSR count). The number of halogens is 3. The second-order valence-corrected chi connectivity index (χ2v) is 2.40. The average Bonchev–Trinajstić information content (AvgIpc) is 1.85. The summed E-state index contributed by atoms with van der Waals surface area (Å²) in [5.41, 5.74) is 0.377. The smallest absolute Gasteiger partial charge is 0.290 e. The zero-order chi connectivity index (χ0) is 9.78. The molecule has 0 aliphatic carbocycles. The van der Waals surface area contributed by atoms with Gasteiger partial charge in [0.05, 0.1) is 12.6 Å². The first-order valence-corrected chi connectivity index (χ1v) is 3.22. The van der Waals surface area contributed by atoms with E-state index in [1.807, 2.05) is 5.32 Å². The summed E-state index contributed by atoms with van der Waals surface area (Å²) in [6, 6.07) is 0.739. The highest BCUT2D eigenvalue weighted by Crippen LogP contribution is 2.13. The quantitative estimate of drug-likeness (QED) is 0.666. The Balaban J connectivity index is 3.92. The van der Waals surface area contributed by atoms with Crippen molar-refractivity contribution < 1.29 is 13.2 Å². The molecular weight excluding hydrogens is 169 g/mol. The van der Waals surface area contributed by atoms with Gasteiger partial charge in [0.25, 0.3) is 0 Å². The number of hydrogen-bond acceptors (Lipinski definition) is 2. The number of alkyl halides is 3. The molecule has 0 radical (unpaired) electrons. The minimum absolute atomic E-state index is 0.377. The molecule has 0 fully saturated rings. The van der Waals surface area contributed by atoms with E-state index in [0.717, 1.165) is 0 Å². The van der Waals surface area contributed by atoms with Crippen molar-refractivity contribution in [2.24, 2.45) is 0 Å². The molecule has 0 aromatic rings. The lowest BCUT2D eigenvalue weighted by molar-refractivity contribution is -0.125. The van der Waals surface area contributed by atoms with Gasteiger partial charge in [0.2, 0.25) is 0 Å². The van der Waals surface area contributed by atoms with Gasteiger partial charge in [0, 0.05) is 0 Å². The van der Waals surface area contributed by atoms with Crippen LogP contribution in [-0.2, 0) is 0 Å². The Hall–Kier alpha value is -1.02. The van der Waals surface area contributed by atoms with Gasteiger partial charge in [-0.3, -0.25) is 5.32 Å². The Morgan fingerprint density at radius 3 is 2.42 bits per heavy atom. The summed E-state index contributed by atoms with van der Waals surface area (Å²) in [7, 11) is 0. The molecule has 0 bridgehead atoms. The molecule has 68 valence electrons. The van der Waals surface area contributed by atoms with Gasteiger partial charge in [-0.05, 0) is 12.5 Å². The molecule has 0 aliphatic rings. The zero-order valence-electron chi connectivity index (χ0n) is 6.57. The lowest BCUT2D eigenvalue weighted by atomic mass is 10.2. The summed E-state index contributed by atoms with van der Waals surface area (Å²) in [6.07, 6.45) is -4.29. The van der Waals surface area contributed by atoms with Crippen LogP contribution >= 0.6 is 0 Å². The van der Waals surface area contributed by atoms with Crippen LogP contribution in [0.15, 0.2) is 12.2 Å². The number of nitrogens with zero attached hydrogens (tertiary/aromatic N) is 1. The van der Waals surface area contributed by atoms with Crippen molar-refractivity contribution in [2.45, 2.75) is 19.1 Å². The van der Waals surface area contributed by atoms with Crippen molar-refractivity contribution in [1.82, 2.24) is 5.32 Å². The van der Waals surface area contributed by atoms with Gasteiger partial charge < -0.3 is 0 Å². The summed E-state index contributed by atoms with van der Waals surface area (Å²) >= 11 is 0. The molecule has 0 aromatic heterocycles. The zero-order valence-corrected chi connectivity index (χ0v) is 6.57. The highest BCUT2D eigenvalue weighted by Gasteiger charge is 2.28. The summed E-state index contributed by atoms with van der Waals surface area (Å²) in [6.45, 7) is 3.70. The normalized spacial score (nSPS) is 13.6. The van der Waals surface area contributed by atoms with E-state index in [1.54, 1.807) is 6.07 Å². The first-order chi connectivity index (χ1) is 5.37. The van der Waals surface area contributed by atoms with Crippen molar-refractivity contribution >= 4 is 0 Å². The Morgan fingerprint density at radius 1 is 1.67 bits per heavy atom. The molecule has 0 heterocycles. The van der Waals surface area contributed by atoms with Crippen molar-refractivity contribution in [3.63, 3.8) is 0 Å². The maximum Gasteiger partial charge on any atom is 0.401 e. The molecule has 0 saturated heterocycles. The second-order valence-electron chi connectivity index (χ2n) is 2.40. The van der Waals surface area contributed by atoms with Gasteiger partial charge in [-0.15, -0.1) is 0 Å². The van der Waals surface area contributed by atoms with E-state index in [-0.39, 0.29) is 0 Å². The number of nitriles is 1. The minimum atomic E-state index is -4.29. The predicted molar refractivity (Wildman–Crippen MR) is 38.3 cm³/mol. The fraction of sp³-hybridized carbons (Fsp3) is 0.571. The van der Waals surface area contributed by atoms with Crippen molar-refractivity contribution in [3.8, 4) is 6.07 Å². The molecule has 0 amide bonds. The van der Waals surface area contributed by atoms with Gasteiger partial charge in [0.15, 0.2) is 0 Å². The Kier molecular flexibility index (Phi) is 3.77. The highest BCUT2D eigenvalue weighted by molar-refractivity contribution is 5.13. The van der Waals surface area contributed by atoms with E-state index in [0.29, 0.717) is 5.57 Å². The van der Waals surface area contributed by atoms with Crippen molar-refractivity contribution in [2.75, 3.05) is 6.54 Å². The van der Waals surface area contributed by atoms with E-state index in [2.05, 4.69) is 6.58 Å². The van der Waals surface area contributed by atoms with E-state index < -0.39 is 18.8 Å². The monoisotopic (exact) mass is 178 g/mol. The van der Waals surface area contributed by atoms with E-state index in [4.69, 9.17) is 5.26 Å². The van der Waals surface area contributed by atoms with Crippen LogP contribution in [0, 0.1) is 11.3 Å². The van der Waals surface area contributed by atoms with Crippen molar-refractivity contribution in [1.29, 1.82) is 5.26 Å². The molecule has 0 saturated carbocycles. The molecule has 5 heteroatoms. The molecule has 2 nitrogen and oxygen atoms in total. The predicted octanol–water partition coefficient (Wildman–Crippen LogP) is 1.61. The lowest BCUT2D eigenvalue weighted by Crippen LogP contribution is -2.36. The van der Waals surface area contributed by atoms with Crippen LogP contribution in [0.1, 0.15) is 6.92 Å². The minimum Gasteiger partial charge on any atom is -0.290 e. The largest absolute Gasteiger partial charge is 0.401 e. The summed E-state index contributed by atoms with van der Waals surface area (Å²) < 4.78 is 34.8. The molecule has 1 unspecified atom stereocenters. The number of hydrogen-bond donors (Lipinski definition) is 1. The van der Waals surface area contributed by atoms with Crippen LogP contribution in [0.4, 0.5) is 13.2 Å². The van der Waals surface area contributed by atoms with Gasteiger partial charge in [-0.2, -0.15) is 18.4 Å². The standard InChI is InChI=1S/C7H9F3N2/c1-5(2)6(3-11)12-4-7(8,9)10/h6,12H,1,4H2,2H3. The SMILES string of the molecule is C=C(C)C(C#N)NCC(F)(F)F. The molecule has 1 N–H and O–H groups in total. The van der Waals surface area contributed by atoms with Crippen molar-refractivity contribution in [3.05, 3.63) is 12.2 Å². The average molecular weight is 178 g/mol. The third-order valence-corrected chi connectivity index (χ3v) is 1.13. The molecular formula is C7H9F3N2. The Bertz CT molecular complexity index is 202. The van der Waals surface area contributed by atoms with Crippen LogP contribution in [0.25, 0.3) is 0 Å². The molecule has 0 spiro atoms. The van der Waals surface area contributed by atoms with Crippen LogP contribution in [0.5, 0.6) is 0 Å². The van der Waals surface area contributed by atoms with Gasteiger partial charge in [-0.1, -0.05) is 6.58 Å². The second kappa shape index (κ2) is 4.12. The van der Waals surface area contributed by atoms with Crippen LogP contribution in [-0.4, -0.2) is 18.8 Å². The molecule has 12 heavy (non-hydrogen) atoms. The van der Waals surface area contributed by atoms with E-state index in [9.17, 15) is 13.2 Å². The first-order valence-electron chi connectivity index (χ1n) is 3.22. The summed E-state index contributed by atoms with van der Waals surface area (Å²) in [5, 5.41) is 10.4. The van der Waals surface area contributed by atoms with Gasteiger partial charge in [-0.25, -0.2) is 0 Å². The Labute approximate surface area is 68.7 Å². The first kappa shape index (κ1) is 11.0. The molecule has 1 atom stereocenters. The van der Waals surface area contributed by atoms with E-state index >= 15 is 0 Å². The third kappa shape index (κ3) is 4.74. The van der Waals surface area contributed by atoms with Crippen LogP contribution < -0.4 is 5.32 Å². The van der Waals surface area contributed by atoms with Crippen LogP contribution in [0.3, 0.4) is 0 Å². The number of rotatable bonds is 3. The fourth-order valence-electron chi connectivity index (χ4n) is 0.548. The molecule has 0 aliphatic heterocycles. The van der Waals surface area contributed by atoms with Crippen LogP contribution in [0.2, 0.25) is 0 Å². The summed E-state index contributed by atoms with van der Waals surface area (Å²) in [4.78, 5) is 0. The lowest BCUT2D eigenvalue weighted by Gasteiger charge is -2.12. The fourth-order valence-corrected chi connectivity index (χ4v) is 0.548. The number of nitrogens with one attached hydrogen (secondary N) is 1. The topological polar surface area (TPSA) is 35.8 Å². The third-order valence-electron chi connectivity index (χ3n) is 1.13. The maximum absolute atomic E-state index is 11.6.